The van der Waals surface area contributed by atoms with Gasteiger partial charge in [0.1, 0.15) is 6.04 Å². The molecular weight excluding hydrogens is 523 g/mol. The molecule has 184 valence electrons. The largest absolute Gasteiger partial charge is 0.355 e. The molecule has 0 saturated carbocycles. The fourth-order valence-corrected chi connectivity index (χ4v) is 4.92. The summed E-state index contributed by atoms with van der Waals surface area (Å²) in [6.07, 6.45) is 0.404. The third kappa shape index (κ3) is 8.46. The van der Waals surface area contributed by atoms with Crippen molar-refractivity contribution in [3.05, 3.63) is 105 Å². The Morgan fingerprint density at radius 3 is 2.23 bits per heavy atom. The summed E-state index contributed by atoms with van der Waals surface area (Å²) < 4.78 is 0. The zero-order valence-electron chi connectivity index (χ0n) is 19.3. The van der Waals surface area contributed by atoms with Crippen LogP contribution in [0.4, 0.5) is 0 Å². The molecule has 1 atom stereocenters. The van der Waals surface area contributed by atoms with Crippen LogP contribution in [0.3, 0.4) is 0 Å². The number of benzene rings is 3. The molecule has 1 unspecified atom stereocenters. The Morgan fingerprint density at radius 1 is 0.886 bits per heavy atom. The van der Waals surface area contributed by atoms with Gasteiger partial charge in [0.05, 0.1) is 15.8 Å². The molecule has 0 aliphatic carbocycles. The minimum atomic E-state index is -0.671. The maximum Gasteiger partial charge on any atom is 0.243 e. The first kappa shape index (κ1) is 27.4. The Kier molecular flexibility index (Phi) is 10.8. The van der Waals surface area contributed by atoms with E-state index in [1.54, 1.807) is 17.0 Å². The van der Waals surface area contributed by atoms with Crippen molar-refractivity contribution >= 4 is 58.4 Å². The molecule has 0 aliphatic rings. The minimum absolute atomic E-state index is 0.123. The maximum absolute atomic E-state index is 13.5. The predicted molar refractivity (Wildman–Crippen MR) is 147 cm³/mol. The first-order valence-corrected chi connectivity index (χ1v) is 13.5. The molecular formula is C27H27Cl3N2O2S. The number of halogens is 3. The number of thioether (sulfide) groups is 1. The summed E-state index contributed by atoms with van der Waals surface area (Å²) >= 11 is 19.8. The van der Waals surface area contributed by atoms with E-state index in [9.17, 15) is 9.59 Å². The van der Waals surface area contributed by atoms with E-state index in [1.165, 1.54) is 11.8 Å². The molecule has 2 amide bonds. The minimum Gasteiger partial charge on any atom is -0.355 e. The van der Waals surface area contributed by atoms with Crippen molar-refractivity contribution in [2.24, 2.45) is 0 Å². The Morgan fingerprint density at radius 2 is 1.57 bits per heavy atom. The number of hydrogen-bond donors (Lipinski definition) is 1. The van der Waals surface area contributed by atoms with Crippen molar-refractivity contribution in [1.29, 1.82) is 0 Å². The molecule has 0 spiro atoms. The summed E-state index contributed by atoms with van der Waals surface area (Å²) in [6, 6.07) is 21.9. The number of amides is 2. The highest BCUT2D eigenvalue weighted by Crippen LogP contribution is 2.25. The van der Waals surface area contributed by atoms with Crippen molar-refractivity contribution in [3.8, 4) is 0 Å². The van der Waals surface area contributed by atoms with E-state index in [0.717, 1.165) is 16.7 Å². The van der Waals surface area contributed by atoms with Crippen LogP contribution in [-0.2, 0) is 28.3 Å². The number of hydrogen-bond acceptors (Lipinski definition) is 3. The van der Waals surface area contributed by atoms with Gasteiger partial charge >= 0.3 is 0 Å². The maximum atomic E-state index is 13.5. The van der Waals surface area contributed by atoms with Gasteiger partial charge in [-0.15, -0.1) is 11.8 Å². The van der Waals surface area contributed by atoms with E-state index < -0.39 is 6.04 Å². The van der Waals surface area contributed by atoms with Crippen molar-refractivity contribution in [2.75, 3.05) is 12.3 Å². The van der Waals surface area contributed by atoms with Crippen LogP contribution in [0.2, 0.25) is 15.1 Å². The summed E-state index contributed by atoms with van der Waals surface area (Å²) in [4.78, 5) is 28.3. The molecule has 0 bridgehead atoms. The second kappa shape index (κ2) is 13.8. The smallest absolute Gasteiger partial charge is 0.243 e. The summed E-state index contributed by atoms with van der Waals surface area (Å²) in [6.45, 7) is 2.58. The number of nitrogens with zero attached hydrogens (tertiary/aromatic N) is 1. The van der Waals surface area contributed by atoms with Crippen molar-refractivity contribution in [1.82, 2.24) is 10.2 Å². The van der Waals surface area contributed by atoms with Gasteiger partial charge in [-0.3, -0.25) is 9.59 Å². The second-order valence-electron chi connectivity index (χ2n) is 7.99. The van der Waals surface area contributed by atoms with E-state index in [4.69, 9.17) is 34.8 Å². The lowest BCUT2D eigenvalue weighted by atomic mass is 10.0. The van der Waals surface area contributed by atoms with Crippen LogP contribution in [0.5, 0.6) is 0 Å². The van der Waals surface area contributed by atoms with Crippen LogP contribution >= 0.6 is 46.6 Å². The molecule has 0 heterocycles. The van der Waals surface area contributed by atoms with E-state index in [-0.39, 0.29) is 24.1 Å². The second-order valence-corrected chi connectivity index (χ2v) is 10.2. The lowest BCUT2D eigenvalue weighted by Crippen LogP contribution is -2.51. The first-order valence-electron chi connectivity index (χ1n) is 11.2. The summed E-state index contributed by atoms with van der Waals surface area (Å²) in [5.41, 5.74) is 2.86. The quantitative estimate of drug-likeness (QED) is 0.291. The topological polar surface area (TPSA) is 49.4 Å². The summed E-state index contributed by atoms with van der Waals surface area (Å²) in [5.74, 6) is 0.581. The van der Waals surface area contributed by atoms with Gasteiger partial charge in [0.15, 0.2) is 0 Å². The molecule has 8 heteroatoms. The third-order valence-electron chi connectivity index (χ3n) is 5.37. The van der Waals surface area contributed by atoms with Crippen LogP contribution in [0.25, 0.3) is 0 Å². The standard InChI is InChI=1S/C27H27Cl3N2O2S/c1-2-31-27(34)25(15-19-6-4-3-5-7-19)32(16-21-10-13-23(29)24(30)14-21)26(33)18-35-17-20-8-11-22(28)12-9-20/h3-14,25H,2,15-18H2,1H3,(H,31,34). The Hall–Kier alpha value is -2.18. The molecule has 1 N–H and O–H groups in total. The predicted octanol–water partition coefficient (Wildman–Crippen LogP) is 6.66. The molecule has 4 nitrogen and oxygen atoms in total. The van der Waals surface area contributed by atoms with Gasteiger partial charge in [-0.2, -0.15) is 0 Å². The highest BCUT2D eigenvalue weighted by Gasteiger charge is 2.30. The molecule has 35 heavy (non-hydrogen) atoms. The van der Waals surface area contributed by atoms with E-state index in [2.05, 4.69) is 5.32 Å². The Balaban J connectivity index is 1.84. The van der Waals surface area contributed by atoms with Gasteiger partial charge < -0.3 is 10.2 Å². The first-order chi connectivity index (χ1) is 16.9. The van der Waals surface area contributed by atoms with E-state index >= 15 is 0 Å². The molecule has 0 fully saturated rings. The molecule has 0 radical (unpaired) electrons. The molecule has 3 aromatic carbocycles. The monoisotopic (exact) mass is 548 g/mol. The average molecular weight is 550 g/mol. The van der Waals surface area contributed by atoms with Gasteiger partial charge in [-0.1, -0.05) is 83.3 Å². The van der Waals surface area contributed by atoms with Crippen LogP contribution in [0.1, 0.15) is 23.6 Å². The average Bonchev–Trinajstić information content (AvgIpc) is 2.85. The summed E-state index contributed by atoms with van der Waals surface area (Å²) in [7, 11) is 0. The van der Waals surface area contributed by atoms with Crippen LogP contribution in [0.15, 0.2) is 72.8 Å². The van der Waals surface area contributed by atoms with Gasteiger partial charge in [0.25, 0.3) is 0 Å². The van der Waals surface area contributed by atoms with Crippen molar-refractivity contribution in [3.63, 3.8) is 0 Å². The molecule has 0 saturated heterocycles. The normalized spacial score (nSPS) is 11.7. The van der Waals surface area contributed by atoms with Gasteiger partial charge in [0, 0.05) is 30.3 Å². The Labute approximate surface area is 225 Å². The fourth-order valence-electron chi connectivity index (χ4n) is 3.60. The number of rotatable bonds is 11. The highest BCUT2D eigenvalue weighted by molar-refractivity contribution is 7.99. The molecule has 3 aromatic rings. The van der Waals surface area contributed by atoms with E-state index in [1.807, 2.05) is 67.6 Å². The lowest BCUT2D eigenvalue weighted by molar-refractivity contribution is -0.139. The third-order valence-corrected chi connectivity index (χ3v) is 7.35. The zero-order chi connectivity index (χ0) is 25.2. The SMILES string of the molecule is CCNC(=O)C(Cc1ccccc1)N(Cc1ccc(Cl)c(Cl)c1)C(=O)CSCc1ccc(Cl)cc1. The summed E-state index contributed by atoms with van der Waals surface area (Å²) in [5, 5.41) is 4.42. The highest BCUT2D eigenvalue weighted by atomic mass is 35.5. The lowest BCUT2D eigenvalue weighted by Gasteiger charge is -2.31. The van der Waals surface area contributed by atoms with E-state index in [0.29, 0.717) is 33.8 Å². The van der Waals surface area contributed by atoms with Crippen molar-refractivity contribution < 1.29 is 9.59 Å². The van der Waals surface area contributed by atoms with Crippen molar-refractivity contribution in [2.45, 2.75) is 31.7 Å². The van der Waals surface area contributed by atoms with Gasteiger partial charge in [-0.05, 0) is 47.9 Å². The fraction of sp³-hybridized carbons (Fsp3) is 0.259. The number of nitrogens with one attached hydrogen (secondary N) is 1. The molecule has 0 aromatic heterocycles. The van der Waals surface area contributed by atoms with Crippen LogP contribution < -0.4 is 5.32 Å². The number of likely N-dealkylation sites (N-methyl/N-ethyl adjacent to an activating group) is 1. The van der Waals surface area contributed by atoms with Gasteiger partial charge in [-0.25, -0.2) is 0 Å². The zero-order valence-corrected chi connectivity index (χ0v) is 22.4. The number of carbonyl (C=O) groups is 2. The molecule has 0 aliphatic heterocycles. The van der Waals surface area contributed by atoms with Crippen LogP contribution in [0, 0.1) is 0 Å². The Bertz CT molecular complexity index is 1130. The van der Waals surface area contributed by atoms with Gasteiger partial charge in [0.2, 0.25) is 11.8 Å². The van der Waals surface area contributed by atoms with Crippen LogP contribution in [-0.4, -0.2) is 35.1 Å². The number of carbonyl (C=O) groups excluding carboxylic acids is 2. The molecule has 3 rings (SSSR count).